The van der Waals surface area contributed by atoms with Crippen LogP contribution in [0.4, 0.5) is 0 Å². The van der Waals surface area contributed by atoms with E-state index in [1.54, 1.807) is 36.5 Å². The highest BCUT2D eigenvalue weighted by atomic mass is 35.5. The van der Waals surface area contributed by atoms with E-state index >= 15 is 0 Å². The molecule has 1 N–H and O–H groups in total. The quantitative estimate of drug-likeness (QED) is 0.773. The second kappa shape index (κ2) is 8.72. The van der Waals surface area contributed by atoms with E-state index in [-0.39, 0.29) is 11.9 Å². The molecule has 0 saturated heterocycles. The smallest absolute Gasteiger partial charge is 0.260 e. The molecule has 24 heavy (non-hydrogen) atoms. The van der Waals surface area contributed by atoms with Gasteiger partial charge in [-0.3, -0.25) is 4.79 Å². The van der Waals surface area contributed by atoms with Crippen molar-refractivity contribution in [2.75, 3.05) is 20.6 Å². The van der Waals surface area contributed by atoms with E-state index in [0.717, 1.165) is 0 Å². The number of likely N-dealkylation sites (N-methyl/N-ethyl adjacent to an activating group) is 1. The lowest BCUT2D eigenvalue weighted by Crippen LogP contribution is -2.40. The van der Waals surface area contributed by atoms with Crippen molar-refractivity contribution in [1.82, 2.24) is 10.2 Å². The average Bonchev–Trinajstić information content (AvgIpc) is 3.03. The number of rotatable bonds is 7. The fourth-order valence-electron chi connectivity index (χ4n) is 2.22. The van der Waals surface area contributed by atoms with Crippen molar-refractivity contribution < 1.29 is 9.53 Å². The van der Waals surface area contributed by atoms with Gasteiger partial charge in [0.05, 0.1) is 11.1 Å². The van der Waals surface area contributed by atoms with Gasteiger partial charge >= 0.3 is 0 Å². The third-order valence-corrected chi connectivity index (χ3v) is 4.82. The van der Waals surface area contributed by atoms with Crippen LogP contribution in [0.5, 0.6) is 5.75 Å². The van der Waals surface area contributed by atoms with E-state index < -0.39 is 6.10 Å². The topological polar surface area (TPSA) is 41.6 Å². The molecule has 2 aromatic rings. The number of carbonyl (C=O) groups is 1. The molecule has 7 heteroatoms. The average molecular weight is 387 g/mol. The van der Waals surface area contributed by atoms with Gasteiger partial charge in [0.2, 0.25) is 0 Å². The molecular formula is C17H20Cl2N2O2S. The van der Waals surface area contributed by atoms with E-state index in [1.165, 1.54) is 5.56 Å². The summed E-state index contributed by atoms with van der Waals surface area (Å²) >= 11 is 13.6. The zero-order valence-electron chi connectivity index (χ0n) is 13.8. The number of thiophene rings is 1. The number of hydrogen-bond acceptors (Lipinski definition) is 4. The van der Waals surface area contributed by atoms with Gasteiger partial charge in [0.15, 0.2) is 6.10 Å². The number of hydrogen-bond donors (Lipinski definition) is 1. The van der Waals surface area contributed by atoms with Crippen LogP contribution in [-0.4, -0.2) is 37.6 Å². The molecular weight excluding hydrogens is 367 g/mol. The van der Waals surface area contributed by atoms with Gasteiger partial charge in [0.1, 0.15) is 5.75 Å². The Balaban J connectivity index is 1.93. The lowest BCUT2D eigenvalue weighted by molar-refractivity contribution is -0.127. The first-order valence-electron chi connectivity index (χ1n) is 7.46. The zero-order chi connectivity index (χ0) is 17.7. The number of halogens is 2. The Bertz CT molecular complexity index is 677. The zero-order valence-corrected chi connectivity index (χ0v) is 16.1. The molecule has 0 radical (unpaired) electrons. The summed E-state index contributed by atoms with van der Waals surface area (Å²) in [6.07, 6.45) is -0.658. The van der Waals surface area contributed by atoms with Crippen LogP contribution in [0.2, 0.25) is 10.0 Å². The molecule has 2 atom stereocenters. The minimum absolute atomic E-state index is 0.117. The second-order valence-corrected chi connectivity index (χ2v) is 7.24. The van der Waals surface area contributed by atoms with Crippen LogP contribution in [0, 0.1) is 0 Å². The number of nitrogens with one attached hydrogen (secondary N) is 1. The van der Waals surface area contributed by atoms with Gasteiger partial charge < -0.3 is 15.0 Å². The summed E-state index contributed by atoms with van der Waals surface area (Å²) in [5.74, 6) is 0.244. The van der Waals surface area contributed by atoms with Gasteiger partial charge in [-0.25, -0.2) is 0 Å². The molecule has 0 aliphatic rings. The van der Waals surface area contributed by atoms with Gasteiger partial charge in [0.25, 0.3) is 5.91 Å². The maximum atomic E-state index is 12.3. The van der Waals surface area contributed by atoms with E-state index in [1.807, 2.05) is 19.5 Å². The van der Waals surface area contributed by atoms with Crippen molar-refractivity contribution in [3.8, 4) is 5.75 Å². The predicted octanol–water partition coefficient (Wildman–Crippen LogP) is 4.24. The third kappa shape index (κ3) is 5.11. The van der Waals surface area contributed by atoms with Crippen LogP contribution in [0.1, 0.15) is 18.5 Å². The van der Waals surface area contributed by atoms with Crippen LogP contribution in [0.25, 0.3) is 0 Å². The minimum atomic E-state index is -0.658. The van der Waals surface area contributed by atoms with Crippen LogP contribution < -0.4 is 10.1 Å². The molecule has 0 bridgehead atoms. The molecule has 0 aliphatic heterocycles. The standard InChI is InChI=1S/C17H20Cl2N2O2S/c1-11(23-16-5-4-13(18)8-14(16)19)17(22)20-9-15(21(2)3)12-6-7-24-10-12/h4-8,10-11,15H,9H2,1-3H3,(H,20,22)/t11-,15-/m1/s1. The Morgan fingerprint density at radius 1 is 1.33 bits per heavy atom. The first-order chi connectivity index (χ1) is 11.4. The summed E-state index contributed by atoms with van der Waals surface area (Å²) in [5.41, 5.74) is 1.18. The van der Waals surface area contributed by atoms with Crippen molar-refractivity contribution in [2.24, 2.45) is 0 Å². The first-order valence-corrected chi connectivity index (χ1v) is 9.16. The second-order valence-electron chi connectivity index (χ2n) is 5.62. The number of amides is 1. The highest BCUT2D eigenvalue weighted by Gasteiger charge is 2.20. The van der Waals surface area contributed by atoms with E-state index in [0.29, 0.717) is 22.3 Å². The van der Waals surface area contributed by atoms with E-state index in [9.17, 15) is 4.79 Å². The number of ether oxygens (including phenoxy) is 1. The molecule has 0 saturated carbocycles. The molecule has 0 aliphatic carbocycles. The molecule has 1 aromatic heterocycles. The van der Waals surface area contributed by atoms with Crippen molar-refractivity contribution in [3.63, 3.8) is 0 Å². The molecule has 1 heterocycles. The third-order valence-electron chi connectivity index (χ3n) is 3.59. The summed E-state index contributed by atoms with van der Waals surface area (Å²) in [4.78, 5) is 14.4. The summed E-state index contributed by atoms with van der Waals surface area (Å²) in [7, 11) is 3.98. The maximum absolute atomic E-state index is 12.3. The number of carbonyl (C=O) groups excluding carboxylic acids is 1. The van der Waals surface area contributed by atoms with E-state index in [4.69, 9.17) is 27.9 Å². The van der Waals surface area contributed by atoms with Gasteiger partial charge in [-0.15, -0.1) is 0 Å². The summed E-state index contributed by atoms with van der Waals surface area (Å²) in [5, 5.41) is 7.95. The Morgan fingerprint density at radius 3 is 2.67 bits per heavy atom. The fraction of sp³-hybridized carbons (Fsp3) is 0.353. The molecule has 1 aromatic carbocycles. The molecule has 4 nitrogen and oxygen atoms in total. The molecule has 0 fully saturated rings. The van der Waals surface area contributed by atoms with E-state index in [2.05, 4.69) is 21.7 Å². The lowest BCUT2D eigenvalue weighted by Gasteiger charge is -2.25. The molecule has 130 valence electrons. The van der Waals surface area contributed by atoms with Gasteiger partial charge in [-0.2, -0.15) is 11.3 Å². The summed E-state index contributed by atoms with van der Waals surface area (Å²) < 4.78 is 5.63. The van der Waals surface area contributed by atoms with Crippen LogP contribution in [0.15, 0.2) is 35.0 Å². The Kier molecular flexibility index (Phi) is 6.92. The van der Waals surface area contributed by atoms with Crippen LogP contribution in [0.3, 0.4) is 0 Å². The monoisotopic (exact) mass is 386 g/mol. The number of benzene rings is 1. The Hall–Kier alpha value is -1.27. The highest BCUT2D eigenvalue weighted by Crippen LogP contribution is 2.28. The number of nitrogens with zero attached hydrogens (tertiary/aromatic N) is 1. The normalized spacial score (nSPS) is 13.6. The Morgan fingerprint density at radius 2 is 2.08 bits per heavy atom. The lowest BCUT2D eigenvalue weighted by atomic mass is 10.1. The van der Waals surface area contributed by atoms with Gasteiger partial charge in [0, 0.05) is 11.6 Å². The maximum Gasteiger partial charge on any atom is 0.260 e. The van der Waals surface area contributed by atoms with Crippen molar-refractivity contribution >= 4 is 40.4 Å². The highest BCUT2D eigenvalue weighted by molar-refractivity contribution is 7.07. The fourth-order valence-corrected chi connectivity index (χ4v) is 3.38. The van der Waals surface area contributed by atoms with Crippen molar-refractivity contribution in [1.29, 1.82) is 0 Å². The van der Waals surface area contributed by atoms with Gasteiger partial charge in [-0.1, -0.05) is 23.2 Å². The van der Waals surface area contributed by atoms with Crippen molar-refractivity contribution in [3.05, 3.63) is 50.6 Å². The van der Waals surface area contributed by atoms with Gasteiger partial charge in [-0.05, 0) is 61.6 Å². The largest absolute Gasteiger partial charge is 0.479 e. The molecule has 0 spiro atoms. The molecule has 2 rings (SSSR count). The summed E-state index contributed by atoms with van der Waals surface area (Å²) in [6.45, 7) is 2.19. The first kappa shape index (κ1) is 19.1. The van der Waals surface area contributed by atoms with Crippen molar-refractivity contribution in [2.45, 2.75) is 19.1 Å². The molecule has 0 unspecified atom stereocenters. The minimum Gasteiger partial charge on any atom is -0.479 e. The SMILES string of the molecule is C[C@@H](Oc1ccc(Cl)cc1Cl)C(=O)NC[C@H](c1ccsc1)N(C)C. The summed E-state index contributed by atoms with van der Waals surface area (Å²) in [6, 6.07) is 7.09. The predicted molar refractivity (Wildman–Crippen MR) is 100 cm³/mol. The van der Waals surface area contributed by atoms with Crippen LogP contribution in [-0.2, 0) is 4.79 Å². The van der Waals surface area contributed by atoms with Crippen LogP contribution >= 0.6 is 34.5 Å². The Labute approximate surface area is 156 Å². The molecule has 1 amide bonds.